The first-order valence-electron chi connectivity index (χ1n) is 8.11. The maximum atomic E-state index is 3.47. The van der Waals surface area contributed by atoms with Crippen LogP contribution in [0, 0.1) is 0 Å². The summed E-state index contributed by atoms with van der Waals surface area (Å²) in [6, 6.07) is 11.3. The predicted molar refractivity (Wildman–Crippen MR) is 93.2 cm³/mol. The summed E-state index contributed by atoms with van der Waals surface area (Å²) in [6.07, 6.45) is 1.24. The number of hydrogen-bond donors (Lipinski definition) is 1. The van der Waals surface area contributed by atoms with Crippen LogP contribution in [-0.2, 0) is 0 Å². The Hall–Kier alpha value is -0.550. The molecule has 0 saturated carbocycles. The third-order valence-corrected chi connectivity index (χ3v) is 5.48. The Balaban J connectivity index is 1.66. The molecule has 0 aromatic heterocycles. The Labute approximate surface area is 134 Å². The summed E-state index contributed by atoms with van der Waals surface area (Å²) >= 11 is 1.95. The molecule has 1 aliphatic rings. The maximum Gasteiger partial charge on any atom is 0.0170 e. The van der Waals surface area contributed by atoms with Crippen LogP contribution in [0.3, 0.4) is 0 Å². The van der Waals surface area contributed by atoms with E-state index in [1.54, 1.807) is 0 Å². The lowest BCUT2D eigenvalue weighted by Gasteiger charge is -2.34. The molecule has 1 saturated heterocycles. The fourth-order valence-electron chi connectivity index (χ4n) is 2.69. The SMILES string of the molecule is CCN1CCN(CCC(CSc2ccccc2)NC)CC1. The number of piperazine rings is 1. The Bertz CT molecular complexity index is 377. The smallest absolute Gasteiger partial charge is 0.0170 e. The molecule has 3 nitrogen and oxygen atoms in total. The molecular weight excluding hydrogens is 278 g/mol. The van der Waals surface area contributed by atoms with Crippen LogP contribution in [0.4, 0.5) is 0 Å². The van der Waals surface area contributed by atoms with Crippen LogP contribution in [0.15, 0.2) is 35.2 Å². The molecule has 0 spiro atoms. The molecule has 118 valence electrons. The molecule has 1 aromatic carbocycles. The number of nitrogens with zero attached hydrogens (tertiary/aromatic N) is 2. The number of rotatable bonds is 8. The van der Waals surface area contributed by atoms with E-state index in [0.29, 0.717) is 6.04 Å². The lowest BCUT2D eigenvalue weighted by atomic mass is 10.2. The second-order valence-electron chi connectivity index (χ2n) is 5.67. The molecule has 1 aromatic rings. The second-order valence-corrected chi connectivity index (χ2v) is 6.77. The van der Waals surface area contributed by atoms with E-state index in [0.717, 1.165) is 5.75 Å². The standard InChI is InChI=1S/C17H29N3S/c1-3-19-11-13-20(14-12-19)10-9-16(18-2)15-21-17-7-5-4-6-8-17/h4-8,16,18H,3,9-15H2,1-2H3. The van der Waals surface area contributed by atoms with Gasteiger partial charge < -0.3 is 15.1 Å². The van der Waals surface area contributed by atoms with Gasteiger partial charge in [-0.1, -0.05) is 25.1 Å². The van der Waals surface area contributed by atoms with Crippen molar-refractivity contribution in [1.29, 1.82) is 0 Å². The zero-order chi connectivity index (χ0) is 14.9. The highest BCUT2D eigenvalue weighted by atomic mass is 32.2. The van der Waals surface area contributed by atoms with Crippen molar-refractivity contribution in [3.8, 4) is 0 Å². The largest absolute Gasteiger partial charge is 0.316 e. The summed E-state index contributed by atoms with van der Waals surface area (Å²) in [5, 5.41) is 3.47. The second kappa shape index (κ2) is 9.46. The molecule has 21 heavy (non-hydrogen) atoms. The van der Waals surface area contributed by atoms with E-state index >= 15 is 0 Å². The summed E-state index contributed by atoms with van der Waals surface area (Å²) in [4.78, 5) is 6.52. The molecule has 0 radical (unpaired) electrons. The van der Waals surface area contributed by atoms with Gasteiger partial charge in [0.25, 0.3) is 0 Å². The highest BCUT2D eigenvalue weighted by Gasteiger charge is 2.16. The number of hydrogen-bond acceptors (Lipinski definition) is 4. The molecule has 1 heterocycles. The van der Waals surface area contributed by atoms with Crippen molar-refractivity contribution in [3.05, 3.63) is 30.3 Å². The first-order valence-corrected chi connectivity index (χ1v) is 9.10. The third-order valence-electron chi connectivity index (χ3n) is 4.31. The van der Waals surface area contributed by atoms with E-state index in [9.17, 15) is 0 Å². The van der Waals surface area contributed by atoms with Crippen molar-refractivity contribution in [1.82, 2.24) is 15.1 Å². The minimum atomic E-state index is 0.597. The molecule has 1 N–H and O–H groups in total. The van der Waals surface area contributed by atoms with Gasteiger partial charge in [0.1, 0.15) is 0 Å². The summed E-state index contributed by atoms with van der Waals surface area (Å²) in [5.41, 5.74) is 0. The van der Waals surface area contributed by atoms with Crippen molar-refractivity contribution < 1.29 is 0 Å². The molecule has 0 bridgehead atoms. The van der Waals surface area contributed by atoms with Gasteiger partial charge >= 0.3 is 0 Å². The van der Waals surface area contributed by atoms with Gasteiger partial charge in [-0.3, -0.25) is 0 Å². The third kappa shape index (κ3) is 5.99. The van der Waals surface area contributed by atoms with Gasteiger partial charge in [0, 0.05) is 42.9 Å². The molecular formula is C17H29N3S. The van der Waals surface area contributed by atoms with Crippen LogP contribution in [-0.4, -0.2) is 67.9 Å². The average Bonchev–Trinajstić information content (AvgIpc) is 2.56. The average molecular weight is 308 g/mol. The molecule has 1 aliphatic heterocycles. The Morgan fingerprint density at radius 2 is 1.76 bits per heavy atom. The highest BCUT2D eigenvalue weighted by Crippen LogP contribution is 2.19. The Morgan fingerprint density at radius 1 is 1.10 bits per heavy atom. The van der Waals surface area contributed by atoms with Crippen LogP contribution in [0.1, 0.15) is 13.3 Å². The maximum absolute atomic E-state index is 3.47. The van der Waals surface area contributed by atoms with Gasteiger partial charge in [0.05, 0.1) is 0 Å². The monoisotopic (exact) mass is 307 g/mol. The van der Waals surface area contributed by atoms with Crippen molar-refractivity contribution >= 4 is 11.8 Å². The van der Waals surface area contributed by atoms with Crippen LogP contribution in [0.2, 0.25) is 0 Å². The lowest BCUT2D eigenvalue weighted by molar-refractivity contribution is 0.134. The van der Waals surface area contributed by atoms with Crippen molar-refractivity contribution in [2.24, 2.45) is 0 Å². The number of thioether (sulfide) groups is 1. The van der Waals surface area contributed by atoms with E-state index in [1.165, 1.54) is 50.6 Å². The number of likely N-dealkylation sites (N-methyl/N-ethyl adjacent to an activating group) is 1. The lowest BCUT2D eigenvalue weighted by Crippen LogP contribution is -2.47. The molecule has 0 amide bonds. The fourth-order valence-corrected chi connectivity index (χ4v) is 3.77. The number of nitrogens with one attached hydrogen (secondary N) is 1. The molecule has 1 unspecified atom stereocenters. The number of benzene rings is 1. The van der Waals surface area contributed by atoms with Crippen molar-refractivity contribution in [2.75, 3.05) is 52.1 Å². The van der Waals surface area contributed by atoms with Gasteiger partial charge in [0.15, 0.2) is 0 Å². The highest BCUT2D eigenvalue weighted by molar-refractivity contribution is 7.99. The fraction of sp³-hybridized carbons (Fsp3) is 0.647. The minimum Gasteiger partial charge on any atom is -0.316 e. The summed E-state index contributed by atoms with van der Waals surface area (Å²) in [5.74, 6) is 1.15. The molecule has 1 atom stereocenters. The quantitative estimate of drug-likeness (QED) is 0.743. The van der Waals surface area contributed by atoms with Gasteiger partial charge in [0.2, 0.25) is 0 Å². The van der Waals surface area contributed by atoms with Crippen LogP contribution in [0.5, 0.6) is 0 Å². The van der Waals surface area contributed by atoms with Gasteiger partial charge in [-0.25, -0.2) is 0 Å². The van der Waals surface area contributed by atoms with E-state index < -0.39 is 0 Å². The van der Waals surface area contributed by atoms with Crippen LogP contribution in [0.25, 0.3) is 0 Å². The molecule has 4 heteroatoms. The van der Waals surface area contributed by atoms with Crippen LogP contribution < -0.4 is 5.32 Å². The molecule has 0 aliphatic carbocycles. The normalized spacial score (nSPS) is 18.8. The van der Waals surface area contributed by atoms with E-state index in [-0.39, 0.29) is 0 Å². The Morgan fingerprint density at radius 3 is 2.38 bits per heavy atom. The summed E-state index contributed by atoms with van der Waals surface area (Å²) < 4.78 is 0. The summed E-state index contributed by atoms with van der Waals surface area (Å²) in [6.45, 7) is 9.61. The first-order chi connectivity index (χ1) is 10.3. The van der Waals surface area contributed by atoms with E-state index in [2.05, 4.69) is 59.4 Å². The van der Waals surface area contributed by atoms with Gasteiger partial charge in [-0.05, 0) is 38.7 Å². The first kappa shape index (κ1) is 16.8. The van der Waals surface area contributed by atoms with E-state index in [4.69, 9.17) is 0 Å². The molecule has 2 rings (SSSR count). The minimum absolute atomic E-state index is 0.597. The zero-order valence-corrected chi connectivity index (χ0v) is 14.2. The topological polar surface area (TPSA) is 18.5 Å². The van der Waals surface area contributed by atoms with Crippen molar-refractivity contribution in [3.63, 3.8) is 0 Å². The van der Waals surface area contributed by atoms with Crippen molar-refractivity contribution in [2.45, 2.75) is 24.3 Å². The Kier molecular flexibility index (Phi) is 7.58. The molecule has 1 fully saturated rings. The van der Waals surface area contributed by atoms with Gasteiger partial charge in [-0.2, -0.15) is 0 Å². The van der Waals surface area contributed by atoms with Gasteiger partial charge in [-0.15, -0.1) is 11.8 Å². The predicted octanol–water partition coefficient (Wildman–Crippen LogP) is 2.39. The summed E-state index contributed by atoms with van der Waals surface area (Å²) in [7, 11) is 2.09. The zero-order valence-electron chi connectivity index (χ0n) is 13.4. The van der Waals surface area contributed by atoms with E-state index in [1.807, 2.05) is 11.8 Å². The van der Waals surface area contributed by atoms with Crippen LogP contribution >= 0.6 is 11.8 Å².